The third-order valence-electron chi connectivity index (χ3n) is 7.23. The van der Waals surface area contributed by atoms with E-state index in [1.54, 1.807) is 7.11 Å². The number of allylic oxidation sites excluding steroid dienone is 1. The van der Waals surface area contributed by atoms with Crippen molar-refractivity contribution in [2.45, 2.75) is 37.3 Å². The molecule has 2 heterocycles. The van der Waals surface area contributed by atoms with Crippen molar-refractivity contribution < 1.29 is 9.47 Å². The van der Waals surface area contributed by atoms with Crippen LogP contribution in [-0.4, -0.2) is 12.8 Å². The molecule has 6 rings (SSSR count). The highest BCUT2D eigenvalue weighted by molar-refractivity contribution is 5.87. The lowest BCUT2D eigenvalue weighted by molar-refractivity contribution is -0.0119. The van der Waals surface area contributed by atoms with Crippen molar-refractivity contribution in [2.75, 3.05) is 12.0 Å². The van der Waals surface area contributed by atoms with E-state index in [-0.39, 0.29) is 5.72 Å². The van der Waals surface area contributed by atoms with E-state index in [1.807, 2.05) is 0 Å². The van der Waals surface area contributed by atoms with Gasteiger partial charge >= 0.3 is 0 Å². The fourth-order valence-corrected chi connectivity index (χ4v) is 5.87. The number of fused-ring (bicyclic) bond motifs is 2. The Morgan fingerprint density at radius 3 is 2.48 bits per heavy atom. The van der Waals surface area contributed by atoms with Crippen LogP contribution in [0, 0.1) is 5.92 Å². The largest absolute Gasteiger partial charge is 0.497 e. The molecule has 3 aromatic carbocycles. The zero-order valence-electron chi connectivity index (χ0n) is 17.8. The lowest BCUT2D eigenvalue weighted by Gasteiger charge is -2.52. The highest BCUT2D eigenvalue weighted by Crippen LogP contribution is 2.59. The van der Waals surface area contributed by atoms with Gasteiger partial charge < -0.3 is 9.47 Å². The van der Waals surface area contributed by atoms with Gasteiger partial charge in [0.2, 0.25) is 0 Å². The molecule has 1 saturated carbocycles. The van der Waals surface area contributed by atoms with Crippen molar-refractivity contribution in [1.29, 1.82) is 0 Å². The molecule has 3 heteroatoms. The van der Waals surface area contributed by atoms with Gasteiger partial charge in [-0.15, -0.1) is 0 Å². The Labute approximate surface area is 183 Å². The molecular formula is C28H27NO2. The topological polar surface area (TPSA) is 21.7 Å². The van der Waals surface area contributed by atoms with Crippen LogP contribution in [0.5, 0.6) is 11.5 Å². The molecule has 0 amide bonds. The van der Waals surface area contributed by atoms with E-state index in [4.69, 9.17) is 9.47 Å². The minimum atomic E-state index is -0.327. The Bertz CT molecular complexity index is 1120. The number of para-hydroxylation sites is 2. The van der Waals surface area contributed by atoms with Crippen molar-refractivity contribution >= 4 is 11.4 Å². The van der Waals surface area contributed by atoms with E-state index >= 15 is 0 Å². The van der Waals surface area contributed by atoms with Gasteiger partial charge in [-0.05, 0) is 60.4 Å². The summed E-state index contributed by atoms with van der Waals surface area (Å²) < 4.78 is 12.3. The summed E-state index contributed by atoms with van der Waals surface area (Å²) in [7, 11) is 1.71. The molecule has 0 bridgehead atoms. The van der Waals surface area contributed by atoms with Crippen LogP contribution in [0.3, 0.4) is 0 Å². The molecule has 0 saturated heterocycles. The van der Waals surface area contributed by atoms with Crippen LogP contribution in [-0.2, 0) is 0 Å². The van der Waals surface area contributed by atoms with E-state index in [2.05, 4.69) is 89.8 Å². The first-order valence-corrected chi connectivity index (χ1v) is 11.3. The van der Waals surface area contributed by atoms with E-state index in [0.717, 1.165) is 17.9 Å². The van der Waals surface area contributed by atoms with Crippen molar-refractivity contribution in [1.82, 2.24) is 0 Å². The maximum absolute atomic E-state index is 6.91. The van der Waals surface area contributed by atoms with Gasteiger partial charge in [0.1, 0.15) is 11.5 Å². The Balaban J connectivity index is 1.58. The summed E-state index contributed by atoms with van der Waals surface area (Å²) in [5, 5.41) is 0. The van der Waals surface area contributed by atoms with Crippen LogP contribution in [0.1, 0.15) is 42.7 Å². The minimum absolute atomic E-state index is 0.323. The molecule has 2 aliphatic heterocycles. The van der Waals surface area contributed by atoms with Gasteiger partial charge in [-0.2, -0.15) is 0 Å². The molecule has 1 aliphatic carbocycles. The minimum Gasteiger partial charge on any atom is -0.497 e. The molecule has 1 spiro atoms. The quantitative estimate of drug-likeness (QED) is 0.485. The molecule has 0 radical (unpaired) electrons. The van der Waals surface area contributed by atoms with Gasteiger partial charge in [-0.25, -0.2) is 0 Å². The number of anilines is 1. The normalized spacial score (nSPS) is 26.2. The SMILES string of the molecule is COc1ccc(C2=C[C@@H](c3ccccc3)[C@H]3CCCC[C@]34Oc3ccccc3N24)cc1. The molecule has 3 nitrogen and oxygen atoms in total. The van der Waals surface area contributed by atoms with Crippen molar-refractivity contribution in [2.24, 2.45) is 5.92 Å². The third-order valence-corrected chi connectivity index (χ3v) is 7.23. The summed E-state index contributed by atoms with van der Waals surface area (Å²) in [4.78, 5) is 2.51. The Hall–Kier alpha value is -3.20. The van der Waals surface area contributed by atoms with Gasteiger partial charge in [0.25, 0.3) is 0 Å². The van der Waals surface area contributed by atoms with Gasteiger partial charge in [-0.3, -0.25) is 4.90 Å². The number of benzene rings is 3. The van der Waals surface area contributed by atoms with Crippen LogP contribution in [0.25, 0.3) is 5.70 Å². The average molecular weight is 410 g/mol. The number of ether oxygens (including phenoxy) is 2. The smallest absolute Gasteiger partial charge is 0.191 e. The zero-order chi connectivity index (χ0) is 20.8. The molecular weight excluding hydrogens is 382 g/mol. The predicted molar refractivity (Wildman–Crippen MR) is 124 cm³/mol. The second kappa shape index (κ2) is 7.19. The molecule has 31 heavy (non-hydrogen) atoms. The second-order valence-electron chi connectivity index (χ2n) is 8.82. The fraction of sp³-hybridized carbons (Fsp3) is 0.286. The second-order valence-corrected chi connectivity index (χ2v) is 8.82. The Morgan fingerprint density at radius 2 is 1.68 bits per heavy atom. The standard InChI is InChI=1S/C28H27NO2/c1-30-22-16-14-21(15-17-22)26-19-23(20-9-3-2-4-10-20)24-11-7-8-18-28(24)29(26)25-12-5-6-13-27(25)31-28/h2-6,9-10,12-17,19,23-24H,7-8,11,18H2,1H3/t23-,24+,28-/m0/s1. The van der Waals surface area contributed by atoms with E-state index in [9.17, 15) is 0 Å². The Morgan fingerprint density at radius 1 is 0.903 bits per heavy atom. The highest BCUT2D eigenvalue weighted by Gasteiger charge is 2.58. The lowest BCUT2D eigenvalue weighted by Crippen LogP contribution is -2.59. The maximum atomic E-state index is 6.91. The summed E-state index contributed by atoms with van der Waals surface area (Å²) in [6.07, 6.45) is 7.16. The fourth-order valence-electron chi connectivity index (χ4n) is 5.87. The summed E-state index contributed by atoms with van der Waals surface area (Å²) >= 11 is 0. The monoisotopic (exact) mass is 409 g/mol. The average Bonchev–Trinajstić information content (AvgIpc) is 3.17. The summed E-state index contributed by atoms with van der Waals surface area (Å²) in [5.74, 6) is 2.62. The maximum Gasteiger partial charge on any atom is 0.191 e. The van der Waals surface area contributed by atoms with Crippen LogP contribution in [0.15, 0.2) is 84.9 Å². The molecule has 1 fully saturated rings. The highest BCUT2D eigenvalue weighted by atomic mass is 16.5. The molecule has 0 aromatic heterocycles. The third kappa shape index (κ3) is 2.79. The lowest BCUT2D eigenvalue weighted by atomic mass is 9.68. The number of hydrogen-bond acceptors (Lipinski definition) is 3. The summed E-state index contributed by atoms with van der Waals surface area (Å²) in [6, 6.07) is 27.9. The molecule has 3 atom stereocenters. The van der Waals surface area contributed by atoms with E-state index < -0.39 is 0 Å². The first-order chi connectivity index (χ1) is 15.3. The Kier molecular flexibility index (Phi) is 4.31. The van der Waals surface area contributed by atoms with Gasteiger partial charge in [0.05, 0.1) is 12.8 Å². The molecule has 0 N–H and O–H groups in total. The van der Waals surface area contributed by atoms with E-state index in [0.29, 0.717) is 11.8 Å². The number of rotatable bonds is 3. The van der Waals surface area contributed by atoms with E-state index in [1.165, 1.54) is 41.8 Å². The van der Waals surface area contributed by atoms with Crippen LogP contribution in [0.2, 0.25) is 0 Å². The summed E-state index contributed by atoms with van der Waals surface area (Å²) in [6.45, 7) is 0. The first kappa shape index (κ1) is 18.6. The van der Waals surface area contributed by atoms with Crippen LogP contribution >= 0.6 is 0 Å². The molecule has 3 aliphatic rings. The van der Waals surface area contributed by atoms with Crippen molar-refractivity contribution in [3.8, 4) is 11.5 Å². The van der Waals surface area contributed by atoms with Gasteiger partial charge in [-0.1, -0.05) is 55.0 Å². The van der Waals surface area contributed by atoms with Crippen molar-refractivity contribution in [3.63, 3.8) is 0 Å². The first-order valence-electron chi connectivity index (χ1n) is 11.3. The number of hydrogen-bond donors (Lipinski definition) is 0. The number of methoxy groups -OCH3 is 1. The number of nitrogens with zero attached hydrogens (tertiary/aromatic N) is 1. The van der Waals surface area contributed by atoms with Crippen LogP contribution < -0.4 is 14.4 Å². The summed E-state index contributed by atoms with van der Waals surface area (Å²) in [5.41, 5.74) is 4.67. The predicted octanol–water partition coefficient (Wildman–Crippen LogP) is 6.62. The molecule has 156 valence electrons. The molecule has 0 unspecified atom stereocenters. The van der Waals surface area contributed by atoms with Crippen LogP contribution in [0.4, 0.5) is 5.69 Å². The van der Waals surface area contributed by atoms with Gasteiger partial charge in [0, 0.05) is 24.0 Å². The molecule has 3 aromatic rings. The van der Waals surface area contributed by atoms with Gasteiger partial charge in [0.15, 0.2) is 5.72 Å². The van der Waals surface area contributed by atoms with Crippen molar-refractivity contribution in [3.05, 3.63) is 96.1 Å². The zero-order valence-corrected chi connectivity index (χ0v) is 17.8.